The van der Waals surface area contributed by atoms with Crippen LogP contribution in [0, 0.1) is 20.8 Å². The van der Waals surface area contributed by atoms with Gasteiger partial charge >= 0.3 is 0 Å². The number of hydrogen-bond acceptors (Lipinski definition) is 5. The van der Waals surface area contributed by atoms with E-state index in [0.717, 1.165) is 22.1 Å². The Kier molecular flexibility index (Phi) is 3.59. The van der Waals surface area contributed by atoms with Crippen molar-refractivity contribution < 1.29 is 19.0 Å². The van der Waals surface area contributed by atoms with Crippen LogP contribution >= 0.6 is 0 Å². The Hall–Kier alpha value is -2.69. The summed E-state index contributed by atoms with van der Waals surface area (Å²) in [4.78, 5) is 13.5. The predicted molar refractivity (Wildman–Crippen MR) is 112 cm³/mol. The summed E-state index contributed by atoms with van der Waals surface area (Å²) in [5.74, 6) is 2.01. The van der Waals surface area contributed by atoms with E-state index in [1.54, 1.807) is 0 Å². The molecule has 5 heteroatoms. The minimum atomic E-state index is -0.135. The molecule has 0 spiro atoms. The lowest BCUT2D eigenvalue weighted by Crippen LogP contribution is -2.27. The van der Waals surface area contributed by atoms with Crippen molar-refractivity contribution in [3.8, 4) is 28.6 Å². The topological polar surface area (TPSA) is 68.9 Å². The SMILES string of the molecule is Cc1c(O)c(C)c2oc3c4c(c(C)c(=O)c-3c3c2c1[C@H](C)[C@@H](C)O3)[C@H](C)[C@@H](C)O4. The molecule has 0 fully saturated rings. The molecule has 3 aliphatic heterocycles. The van der Waals surface area contributed by atoms with Crippen molar-refractivity contribution >= 4 is 11.0 Å². The van der Waals surface area contributed by atoms with Crippen molar-refractivity contribution in [2.24, 2.45) is 0 Å². The van der Waals surface area contributed by atoms with Crippen molar-refractivity contribution in [1.29, 1.82) is 0 Å². The van der Waals surface area contributed by atoms with Gasteiger partial charge in [-0.3, -0.25) is 4.79 Å². The third kappa shape index (κ3) is 2.08. The summed E-state index contributed by atoms with van der Waals surface area (Å²) in [5.41, 5.74) is 5.00. The van der Waals surface area contributed by atoms with Gasteiger partial charge in [0.2, 0.25) is 0 Å². The highest BCUT2D eigenvalue weighted by Crippen LogP contribution is 2.55. The molecular formula is C24H26O5. The van der Waals surface area contributed by atoms with Gasteiger partial charge in [0, 0.05) is 28.5 Å². The van der Waals surface area contributed by atoms with Gasteiger partial charge in [0.25, 0.3) is 0 Å². The van der Waals surface area contributed by atoms with E-state index in [-0.39, 0.29) is 35.2 Å². The quantitative estimate of drug-likeness (QED) is 0.524. The molecule has 0 unspecified atom stereocenters. The average molecular weight is 394 g/mol. The number of fused-ring (bicyclic) bond motifs is 4. The van der Waals surface area contributed by atoms with E-state index < -0.39 is 0 Å². The third-order valence-corrected chi connectivity index (χ3v) is 7.19. The molecule has 29 heavy (non-hydrogen) atoms. The molecule has 0 saturated heterocycles. The Morgan fingerprint density at radius 1 is 0.793 bits per heavy atom. The van der Waals surface area contributed by atoms with Gasteiger partial charge in [-0.2, -0.15) is 0 Å². The zero-order valence-corrected chi connectivity index (χ0v) is 17.9. The fourth-order valence-electron chi connectivity index (χ4n) is 5.11. The summed E-state index contributed by atoms with van der Waals surface area (Å²) in [6, 6.07) is 0. The van der Waals surface area contributed by atoms with Gasteiger partial charge in [0.1, 0.15) is 34.9 Å². The number of benzene rings is 2. The molecule has 0 bridgehead atoms. The third-order valence-electron chi connectivity index (χ3n) is 7.19. The van der Waals surface area contributed by atoms with Crippen molar-refractivity contribution in [3.05, 3.63) is 38.0 Å². The van der Waals surface area contributed by atoms with Crippen LogP contribution in [0.5, 0.6) is 17.2 Å². The lowest BCUT2D eigenvalue weighted by molar-refractivity contribution is 0.189. The number of aromatic hydroxyl groups is 1. The van der Waals surface area contributed by atoms with Gasteiger partial charge in [0.15, 0.2) is 16.9 Å². The molecule has 4 atom stereocenters. The first-order valence-corrected chi connectivity index (χ1v) is 10.3. The van der Waals surface area contributed by atoms with Crippen molar-refractivity contribution in [2.75, 3.05) is 0 Å². The average Bonchev–Trinajstić information content (AvgIpc) is 2.98. The summed E-state index contributed by atoms with van der Waals surface area (Å²) >= 11 is 0. The maximum atomic E-state index is 13.5. The van der Waals surface area contributed by atoms with Gasteiger partial charge in [0.05, 0.1) is 5.39 Å². The highest BCUT2D eigenvalue weighted by molar-refractivity contribution is 6.00. The molecule has 3 heterocycles. The number of rotatable bonds is 0. The fraction of sp³-hybridized carbons (Fsp3) is 0.458. The van der Waals surface area contributed by atoms with Crippen LogP contribution in [0.1, 0.15) is 67.3 Å². The van der Waals surface area contributed by atoms with Crippen LogP contribution in [0.3, 0.4) is 0 Å². The molecule has 0 radical (unpaired) electrons. The number of phenolic OH excluding ortho intramolecular Hbond substituents is 1. The Bertz CT molecular complexity index is 1240. The Balaban J connectivity index is 2.06. The minimum absolute atomic E-state index is 0.0427. The predicted octanol–water partition coefficient (Wildman–Crippen LogP) is 5.30. The Labute approximate surface area is 169 Å². The smallest absolute Gasteiger partial charge is 0.196 e. The number of ether oxygens (including phenoxy) is 2. The zero-order chi connectivity index (χ0) is 20.9. The highest BCUT2D eigenvalue weighted by atomic mass is 16.5. The summed E-state index contributed by atoms with van der Waals surface area (Å²) in [5, 5.41) is 11.6. The molecule has 1 aliphatic carbocycles. The van der Waals surface area contributed by atoms with Gasteiger partial charge < -0.3 is 19.0 Å². The number of phenols is 1. The molecule has 152 valence electrons. The monoisotopic (exact) mass is 394 g/mol. The highest BCUT2D eigenvalue weighted by Gasteiger charge is 2.41. The maximum absolute atomic E-state index is 13.5. The van der Waals surface area contributed by atoms with Crippen LogP contribution in [0.15, 0.2) is 9.21 Å². The van der Waals surface area contributed by atoms with E-state index in [1.165, 1.54) is 0 Å². The molecule has 1 aromatic carbocycles. The van der Waals surface area contributed by atoms with Crippen LogP contribution < -0.4 is 14.9 Å². The molecular weight excluding hydrogens is 368 g/mol. The van der Waals surface area contributed by atoms with Crippen LogP contribution in [0.2, 0.25) is 0 Å². The van der Waals surface area contributed by atoms with Gasteiger partial charge in [-0.25, -0.2) is 0 Å². The molecule has 0 saturated carbocycles. The standard InChI is InChI=1S/C24H26O5/c1-8-13(6)27-22-17-15(8)10(3)19(25)12(5)21(17)29-24-18(22)20(26)11(4)16-9(2)14(7)28-23(16)24/h8-9,13-14,25H,1-7H3/t8-,9-,13-,14-/m1/s1. The summed E-state index contributed by atoms with van der Waals surface area (Å²) < 4.78 is 18.9. The Morgan fingerprint density at radius 3 is 2.03 bits per heavy atom. The van der Waals surface area contributed by atoms with Crippen LogP contribution in [0.25, 0.3) is 22.3 Å². The second kappa shape index (κ2) is 5.68. The lowest BCUT2D eigenvalue weighted by atomic mass is 9.83. The number of hydrogen-bond donors (Lipinski definition) is 1. The minimum Gasteiger partial charge on any atom is -0.507 e. The van der Waals surface area contributed by atoms with Gasteiger partial charge in [-0.1, -0.05) is 13.8 Å². The van der Waals surface area contributed by atoms with Crippen LogP contribution in [-0.4, -0.2) is 17.3 Å². The maximum Gasteiger partial charge on any atom is 0.196 e. The molecule has 5 nitrogen and oxygen atoms in total. The summed E-state index contributed by atoms with van der Waals surface area (Å²) in [6.45, 7) is 13.8. The zero-order valence-electron chi connectivity index (χ0n) is 17.9. The van der Waals surface area contributed by atoms with E-state index >= 15 is 0 Å². The lowest BCUT2D eigenvalue weighted by Gasteiger charge is -2.33. The summed E-state index contributed by atoms with van der Waals surface area (Å²) in [7, 11) is 0. The number of aryl methyl sites for hydroxylation is 1. The second-order valence-electron chi connectivity index (χ2n) is 8.77. The second-order valence-corrected chi connectivity index (χ2v) is 8.77. The fourth-order valence-corrected chi connectivity index (χ4v) is 5.11. The van der Waals surface area contributed by atoms with Gasteiger partial charge in [-0.05, 0) is 45.7 Å². The van der Waals surface area contributed by atoms with Gasteiger partial charge in [-0.15, -0.1) is 0 Å². The van der Waals surface area contributed by atoms with Crippen molar-refractivity contribution in [1.82, 2.24) is 0 Å². The first-order valence-electron chi connectivity index (χ1n) is 10.3. The molecule has 1 aromatic rings. The first kappa shape index (κ1) is 18.3. The summed E-state index contributed by atoms with van der Waals surface area (Å²) in [6.07, 6.45) is -0.178. The molecule has 1 N–H and O–H groups in total. The van der Waals surface area contributed by atoms with E-state index in [2.05, 4.69) is 13.8 Å². The molecule has 5 rings (SSSR count). The van der Waals surface area contributed by atoms with E-state index in [1.807, 2.05) is 34.6 Å². The normalized spacial score (nSPS) is 25.2. The van der Waals surface area contributed by atoms with Crippen LogP contribution in [-0.2, 0) is 0 Å². The molecule has 0 aromatic heterocycles. The van der Waals surface area contributed by atoms with Crippen LogP contribution in [0.4, 0.5) is 0 Å². The van der Waals surface area contributed by atoms with Crippen molar-refractivity contribution in [3.63, 3.8) is 0 Å². The first-order chi connectivity index (χ1) is 13.6. The van der Waals surface area contributed by atoms with E-state index in [9.17, 15) is 9.90 Å². The largest absolute Gasteiger partial charge is 0.507 e. The molecule has 4 aliphatic rings. The van der Waals surface area contributed by atoms with E-state index in [0.29, 0.717) is 39.5 Å². The van der Waals surface area contributed by atoms with E-state index in [4.69, 9.17) is 13.9 Å². The van der Waals surface area contributed by atoms with Crippen molar-refractivity contribution in [2.45, 2.75) is 72.5 Å². The molecule has 0 amide bonds. The Morgan fingerprint density at radius 2 is 1.38 bits per heavy atom.